The Hall–Kier alpha value is -4.02. The first-order chi connectivity index (χ1) is 19.6. The predicted molar refractivity (Wildman–Crippen MR) is 149 cm³/mol. The average Bonchev–Trinajstić information content (AvgIpc) is 3.44. The lowest BCUT2D eigenvalue weighted by molar-refractivity contribution is -0.111. The lowest BCUT2D eigenvalue weighted by Gasteiger charge is -2.37. The zero-order valence-electron chi connectivity index (χ0n) is 21.0. The van der Waals surface area contributed by atoms with Crippen molar-refractivity contribution in [3.8, 4) is 11.3 Å². The molecule has 4 aromatic rings. The third kappa shape index (κ3) is 6.18. The van der Waals surface area contributed by atoms with Gasteiger partial charge in [-0.05, 0) is 60.7 Å². The van der Waals surface area contributed by atoms with Gasteiger partial charge in [-0.2, -0.15) is 0 Å². The van der Waals surface area contributed by atoms with Crippen LogP contribution in [0.15, 0.2) is 65.1 Å². The summed E-state index contributed by atoms with van der Waals surface area (Å²) in [4.78, 5) is 15.4. The van der Waals surface area contributed by atoms with Gasteiger partial charge in [0.25, 0.3) is 0 Å². The maximum absolute atomic E-state index is 14.2. The molecule has 5 nitrogen and oxygen atoms in total. The molecule has 1 aliphatic rings. The molecule has 0 unspecified atom stereocenters. The first-order valence-corrected chi connectivity index (χ1v) is 13.0. The van der Waals surface area contributed by atoms with Crippen LogP contribution < -0.4 is 15.1 Å². The summed E-state index contributed by atoms with van der Waals surface area (Å²) in [7, 11) is 0. The van der Waals surface area contributed by atoms with E-state index in [1.54, 1.807) is 54.6 Å². The van der Waals surface area contributed by atoms with Crippen molar-refractivity contribution in [3.05, 3.63) is 106 Å². The van der Waals surface area contributed by atoms with Crippen LogP contribution in [-0.4, -0.2) is 32.1 Å². The standard InChI is InChI=1S/C29H20Cl2F5N3O2/c30-17-13-16(14-18(31)15-17)22-7-5-21(41-22)6-8-23(40)37-19-1-3-20(4-2-19)38-9-11-39(12-10-38)29-27(35)25(33)24(32)26(34)28(29)36/h1-8,13-15H,9-12H2,(H,37,40)/b8-6+. The van der Waals surface area contributed by atoms with Gasteiger partial charge in [-0.15, -0.1) is 0 Å². The van der Waals surface area contributed by atoms with Gasteiger partial charge < -0.3 is 19.5 Å². The zero-order chi connectivity index (χ0) is 29.3. The van der Waals surface area contributed by atoms with Crippen LogP contribution in [0.4, 0.5) is 39.0 Å². The molecule has 1 saturated heterocycles. The summed E-state index contributed by atoms with van der Waals surface area (Å²) in [6.45, 7) is 0.641. The van der Waals surface area contributed by atoms with Gasteiger partial charge in [0.05, 0.1) is 0 Å². The number of nitrogens with zero attached hydrogens (tertiary/aromatic N) is 2. The number of carbonyl (C=O) groups excluding carboxylic acids is 1. The van der Waals surface area contributed by atoms with Gasteiger partial charge in [0.1, 0.15) is 17.2 Å². The molecular formula is C29H20Cl2F5N3O2. The summed E-state index contributed by atoms with van der Waals surface area (Å²) in [5, 5.41) is 3.68. The highest BCUT2D eigenvalue weighted by atomic mass is 35.5. The van der Waals surface area contributed by atoms with E-state index in [0.717, 1.165) is 10.6 Å². The molecular weight excluding hydrogens is 588 g/mol. The van der Waals surface area contributed by atoms with Crippen LogP contribution in [0, 0.1) is 29.1 Å². The number of amides is 1. The number of benzene rings is 3. The Morgan fingerprint density at radius 1 is 0.756 bits per heavy atom. The molecule has 41 heavy (non-hydrogen) atoms. The molecule has 5 rings (SSSR count). The molecule has 12 heteroatoms. The molecule has 0 spiro atoms. The van der Waals surface area contributed by atoms with Crippen molar-refractivity contribution in [2.45, 2.75) is 0 Å². The number of carbonyl (C=O) groups is 1. The topological polar surface area (TPSA) is 48.7 Å². The maximum Gasteiger partial charge on any atom is 0.248 e. The van der Waals surface area contributed by atoms with Crippen LogP contribution >= 0.6 is 23.2 Å². The SMILES string of the molecule is O=C(/C=C/c1ccc(-c2cc(Cl)cc(Cl)c2)o1)Nc1ccc(N2CCN(c3c(F)c(F)c(F)c(F)c3F)CC2)cc1. The molecule has 3 aromatic carbocycles. The van der Waals surface area contributed by atoms with Crippen molar-refractivity contribution in [2.75, 3.05) is 41.3 Å². The Morgan fingerprint density at radius 2 is 1.32 bits per heavy atom. The van der Waals surface area contributed by atoms with Crippen molar-refractivity contribution >= 4 is 52.2 Å². The van der Waals surface area contributed by atoms with Crippen LogP contribution in [0.5, 0.6) is 0 Å². The lowest BCUT2D eigenvalue weighted by Crippen LogP contribution is -2.47. The van der Waals surface area contributed by atoms with E-state index in [2.05, 4.69) is 5.32 Å². The van der Waals surface area contributed by atoms with Crippen LogP contribution in [0.25, 0.3) is 17.4 Å². The molecule has 1 N–H and O–H groups in total. The van der Waals surface area contributed by atoms with E-state index >= 15 is 0 Å². The Kier molecular flexibility index (Phi) is 8.23. The summed E-state index contributed by atoms with van der Waals surface area (Å²) in [6, 6.07) is 15.4. The summed E-state index contributed by atoms with van der Waals surface area (Å²) < 4.78 is 74.7. The Balaban J connectivity index is 1.17. The molecule has 1 fully saturated rings. The monoisotopic (exact) mass is 607 g/mol. The lowest BCUT2D eigenvalue weighted by atomic mass is 10.2. The van der Waals surface area contributed by atoms with Crippen molar-refractivity contribution in [3.63, 3.8) is 0 Å². The Morgan fingerprint density at radius 3 is 1.93 bits per heavy atom. The van der Waals surface area contributed by atoms with E-state index in [1.165, 1.54) is 12.2 Å². The molecule has 212 valence electrons. The number of furan rings is 1. The van der Waals surface area contributed by atoms with Crippen molar-refractivity contribution in [1.29, 1.82) is 0 Å². The van der Waals surface area contributed by atoms with Gasteiger partial charge in [0.2, 0.25) is 11.7 Å². The highest BCUT2D eigenvalue weighted by Gasteiger charge is 2.30. The zero-order valence-corrected chi connectivity index (χ0v) is 22.5. The van der Waals surface area contributed by atoms with E-state index in [-0.39, 0.29) is 26.2 Å². The highest BCUT2D eigenvalue weighted by Crippen LogP contribution is 2.32. The molecule has 0 aliphatic carbocycles. The third-order valence-electron chi connectivity index (χ3n) is 6.46. The molecule has 1 aromatic heterocycles. The molecule has 2 heterocycles. The number of piperazine rings is 1. The van der Waals surface area contributed by atoms with Gasteiger partial charge in [0.15, 0.2) is 23.3 Å². The number of halogens is 7. The van der Waals surface area contributed by atoms with Crippen LogP contribution in [0.1, 0.15) is 5.76 Å². The minimum atomic E-state index is -2.18. The first-order valence-electron chi connectivity index (χ1n) is 12.3. The van der Waals surface area contributed by atoms with Crippen LogP contribution in [0.3, 0.4) is 0 Å². The van der Waals surface area contributed by atoms with Gasteiger partial charge in [-0.25, -0.2) is 22.0 Å². The summed E-state index contributed by atoms with van der Waals surface area (Å²) in [6.07, 6.45) is 2.84. The number of anilines is 3. The molecule has 0 atom stereocenters. The van der Waals surface area contributed by atoms with Crippen molar-refractivity contribution in [1.82, 2.24) is 0 Å². The van der Waals surface area contributed by atoms with Gasteiger partial charge in [-0.1, -0.05) is 23.2 Å². The largest absolute Gasteiger partial charge is 0.457 e. The smallest absolute Gasteiger partial charge is 0.248 e. The molecule has 0 bridgehead atoms. The summed E-state index contributed by atoms with van der Waals surface area (Å²) in [5.41, 5.74) is 1.06. The van der Waals surface area contributed by atoms with Crippen molar-refractivity contribution < 1.29 is 31.2 Å². The average molecular weight is 608 g/mol. The van der Waals surface area contributed by atoms with E-state index in [9.17, 15) is 26.7 Å². The number of rotatable bonds is 6. The number of nitrogens with one attached hydrogen (secondary N) is 1. The Bertz CT molecular complexity index is 1590. The van der Waals surface area contributed by atoms with Crippen LogP contribution in [0.2, 0.25) is 10.0 Å². The molecule has 0 radical (unpaired) electrons. The van der Waals surface area contributed by atoms with Crippen molar-refractivity contribution in [2.24, 2.45) is 0 Å². The second-order valence-corrected chi connectivity index (χ2v) is 10.00. The molecule has 1 amide bonds. The van der Waals surface area contributed by atoms with E-state index in [0.29, 0.717) is 32.8 Å². The van der Waals surface area contributed by atoms with E-state index < -0.39 is 40.7 Å². The highest BCUT2D eigenvalue weighted by molar-refractivity contribution is 6.35. The normalized spacial score (nSPS) is 13.7. The van der Waals surface area contributed by atoms with Gasteiger partial charge in [-0.3, -0.25) is 4.79 Å². The summed E-state index contributed by atoms with van der Waals surface area (Å²) >= 11 is 12.1. The quantitative estimate of drug-likeness (QED) is 0.105. The van der Waals surface area contributed by atoms with Crippen LogP contribution in [-0.2, 0) is 4.79 Å². The van der Waals surface area contributed by atoms with E-state index in [1.807, 2.05) is 4.90 Å². The minimum absolute atomic E-state index is 0.0421. The number of hydrogen-bond acceptors (Lipinski definition) is 4. The second kappa shape index (κ2) is 11.8. The minimum Gasteiger partial charge on any atom is -0.457 e. The fraction of sp³-hybridized carbons (Fsp3) is 0.138. The van der Waals surface area contributed by atoms with Gasteiger partial charge >= 0.3 is 0 Å². The fourth-order valence-electron chi connectivity index (χ4n) is 4.45. The molecule has 0 saturated carbocycles. The predicted octanol–water partition coefficient (Wildman–Crippen LogP) is 7.93. The second-order valence-electron chi connectivity index (χ2n) is 9.12. The van der Waals surface area contributed by atoms with Gasteiger partial charge in [0, 0.05) is 59.2 Å². The fourth-order valence-corrected chi connectivity index (χ4v) is 4.98. The van der Waals surface area contributed by atoms with E-state index in [4.69, 9.17) is 27.6 Å². The number of hydrogen-bond donors (Lipinski definition) is 1. The molecule has 1 aliphatic heterocycles. The summed E-state index contributed by atoms with van der Waals surface area (Å²) in [5.74, 6) is -9.20. The Labute approximate surface area is 241 Å². The third-order valence-corrected chi connectivity index (χ3v) is 6.89. The first kappa shape index (κ1) is 28.5. The maximum atomic E-state index is 14.2.